The highest BCUT2D eigenvalue weighted by molar-refractivity contribution is 6.14. The summed E-state index contributed by atoms with van der Waals surface area (Å²) < 4.78 is 9.59. The van der Waals surface area contributed by atoms with E-state index in [0.29, 0.717) is 11.1 Å². The molecule has 1 fully saturated rings. The number of rotatable bonds is 2. The zero-order valence-corrected chi connectivity index (χ0v) is 7.86. The molecule has 15 heavy (non-hydrogen) atoms. The Labute approximate surface area is 85.8 Å². The molecule has 0 spiro atoms. The van der Waals surface area contributed by atoms with Gasteiger partial charge in [-0.25, -0.2) is 9.59 Å². The average Bonchev–Trinajstić information content (AvgIpc) is 2.96. The van der Waals surface area contributed by atoms with Gasteiger partial charge in [-0.1, -0.05) is 6.07 Å². The molecular weight excluding hydrogens is 196 g/mol. The standard InChI is InChI=1S/C11H8O4/c12-10-8-2-1-6(3-7-5-14-7)4-9(8)11(13)15-10/h1-2,4,7H,3,5H2. The van der Waals surface area contributed by atoms with Gasteiger partial charge in [-0.15, -0.1) is 0 Å². The van der Waals surface area contributed by atoms with Crippen molar-refractivity contribution in [2.75, 3.05) is 6.61 Å². The van der Waals surface area contributed by atoms with Gasteiger partial charge in [0.2, 0.25) is 0 Å². The second-order valence-corrected chi connectivity index (χ2v) is 3.72. The Morgan fingerprint density at radius 3 is 2.67 bits per heavy atom. The van der Waals surface area contributed by atoms with Gasteiger partial charge < -0.3 is 9.47 Å². The van der Waals surface area contributed by atoms with Gasteiger partial charge in [0.25, 0.3) is 0 Å². The van der Waals surface area contributed by atoms with Crippen LogP contribution in [0.3, 0.4) is 0 Å². The summed E-state index contributed by atoms with van der Waals surface area (Å²) in [7, 11) is 0. The number of epoxide rings is 1. The molecule has 1 unspecified atom stereocenters. The molecule has 2 aliphatic rings. The first-order valence-corrected chi connectivity index (χ1v) is 4.75. The van der Waals surface area contributed by atoms with Gasteiger partial charge in [0.15, 0.2) is 0 Å². The molecule has 4 nitrogen and oxygen atoms in total. The largest absolute Gasteiger partial charge is 0.386 e. The normalized spacial score (nSPS) is 22.5. The smallest absolute Gasteiger partial charge is 0.346 e. The summed E-state index contributed by atoms with van der Waals surface area (Å²) in [4.78, 5) is 22.4. The molecule has 3 rings (SSSR count). The zero-order chi connectivity index (χ0) is 10.4. The fourth-order valence-corrected chi connectivity index (χ4v) is 1.71. The lowest BCUT2D eigenvalue weighted by Crippen LogP contribution is -1.98. The lowest BCUT2D eigenvalue weighted by molar-refractivity contribution is 0.0444. The third kappa shape index (κ3) is 1.43. The molecular formula is C11H8O4. The molecule has 1 saturated heterocycles. The third-order valence-corrected chi connectivity index (χ3v) is 2.57. The van der Waals surface area contributed by atoms with Gasteiger partial charge in [-0.05, 0) is 17.7 Å². The molecule has 0 saturated carbocycles. The molecule has 2 aliphatic heterocycles. The van der Waals surface area contributed by atoms with Crippen molar-refractivity contribution in [3.8, 4) is 0 Å². The van der Waals surface area contributed by atoms with Crippen LogP contribution in [-0.4, -0.2) is 24.6 Å². The monoisotopic (exact) mass is 204 g/mol. The molecule has 0 aliphatic carbocycles. The van der Waals surface area contributed by atoms with Crippen molar-refractivity contribution in [1.82, 2.24) is 0 Å². The van der Waals surface area contributed by atoms with E-state index in [-0.39, 0.29) is 6.10 Å². The fraction of sp³-hybridized carbons (Fsp3) is 0.273. The van der Waals surface area contributed by atoms with Crippen LogP contribution in [0, 0.1) is 0 Å². The number of benzene rings is 1. The second-order valence-electron chi connectivity index (χ2n) is 3.72. The van der Waals surface area contributed by atoms with Crippen molar-refractivity contribution in [3.05, 3.63) is 34.9 Å². The number of hydrogen-bond acceptors (Lipinski definition) is 4. The molecule has 0 bridgehead atoms. The maximum absolute atomic E-state index is 11.3. The van der Waals surface area contributed by atoms with Crippen molar-refractivity contribution in [2.45, 2.75) is 12.5 Å². The van der Waals surface area contributed by atoms with Crippen LogP contribution >= 0.6 is 0 Å². The van der Waals surface area contributed by atoms with Crippen LogP contribution in [0.5, 0.6) is 0 Å². The highest BCUT2D eigenvalue weighted by Gasteiger charge is 2.30. The SMILES string of the molecule is O=C1OC(=O)c2cc(CC3CO3)ccc21. The van der Waals surface area contributed by atoms with Crippen molar-refractivity contribution in [3.63, 3.8) is 0 Å². The summed E-state index contributed by atoms with van der Waals surface area (Å²) in [6, 6.07) is 5.19. The van der Waals surface area contributed by atoms with E-state index >= 15 is 0 Å². The summed E-state index contributed by atoms with van der Waals surface area (Å²) in [6.45, 7) is 0.778. The molecule has 1 atom stereocenters. The number of hydrogen-bond donors (Lipinski definition) is 0. The van der Waals surface area contributed by atoms with Crippen molar-refractivity contribution < 1.29 is 19.1 Å². The molecule has 0 aromatic heterocycles. The highest BCUT2D eigenvalue weighted by atomic mass is 16.6. The maximum atomic E-state index is 11.3. The summed E-state index contributed by atoms with van der Waals surface area (Å²) in [5.41, 5.74) is 1.74. The van der Waals surface area contributed by atoms with Crippen molar-refractivity contribution in [2.24, 2.45) is 0 Å². The van der Waals surface area contributed by atoms with Crippen LogP contribution in [0.25, 0.3) is 0 Å². The van der Waals surface area contributed by atoms with Gasteiger partial charge in [-0.2, -0.15) is 0 Å². The lowest BCUT2D eigenvalue weighted by Gasteiger charge is -1.98. The molecule has 1 aromatic rings. The Kier molecular flexibility index (Phi) is 1.67. The maximum Gasteiger partial charge on any atom is 0.346 e. The van der Waals surface area contributed by atoms with Gasteiger partial charge in [0.05, 0.1) is 23.8 Å². The average molecular weight is 204 g/mol. The van der Waals surface area contributed by atoms with Gasteiger partial charge in [-0.3, -0.25) is 0 Å². The molecule has 4 heteroatoms. The Hall–Kier alpha value is -1.68. The summed E-state index contributed by atoms with van der Waals surface area (Å²) >= 11 is 0. The molecule has 1 aromatic carbocycles. The van der Waals surface area contributed by atoms with Crippen LogP contribution in [0.2, 0.25) is 0 Å². The van der Waals surface area contributed by atoms with Gasteiger partial charge in [0.1, 0.15) is 0 Å². The number of ether oxygens (including phenoxy) is 2. The van der Waals surface area contributed by atoms with Gasteiger partial charge >= 0.3 is 11.9 Å². The second kappa shape index (κ2) is 2.90. The molecule has 76 valence electrons. The third-order valence-electron chi connectivity index (χ3n) is 2.57. The Balaban J connectivity index is 1.97. The number of esters is 2. The first-order chi connectivity index (χ1) is 7.24. The number of carbonyl (C=O) groups is 2. The van der Waals surface area contributed by atoms with E-state index in [0.717, 1.165) is 18.6 Å². The predicted molar refractivity (Wildman–Crippen MR) is 49.6 cm³/mol. The van der Waals surface area contributed by atoms with Gasteiger partial charge in [0, 0.05) is 6.42 Å². The zero-order valence-electron chi connectivity index (χ0n) is 7.86. The number of fused-ring (bicyclic) bond motifs is 1. The van der Waals surface area contributed by atoms with E-state index in [1.807, 2.05) is 6.07 Å². The molecule has 0 radical (unpaired) electrons. The van der Waals surface area contributed by atoms with E-state index in [1.165, 1.54) is 0 Å². The summed E-state index contributed by atoms with van der Waals surface area (Å²) in [6.07, 6.45) is 1.06. The van der Waals surface area contributed by atoms with Crippen LogP contribution in [-0.2, 0) is 15.9 Å². The Morgan fingerprint density at radius 2 is 1.93 bits per heavy atom. The van der Waals surface area contributed by atoms with Crippen LogP contribution < -0.4 is 0 Å². The van der Waals surface area contributed by atoms with Crippen molar-refractivity contribution >= 4 is 11.9 Å². The van der Waals surface area contributed by atoms with Crippen LogP contribution in [0.15, 0.2) is 18.2 Å². The van der Waals surface area contributed by atoms with E-state index in [4.69, 9.17) is 4.74 Å². The molecule has 0 amide bonds. The van der Waals surface area contributed by atoms with E-state index in [2.05, 4.69) is 4.74 Å². The van der Waals surface area contributed by atoms with Crippen molar-refractivity contribution in [1.29, 1.82) is 0 Å². The van der Waals surface area contributed by atoms with Crippen LogP contribution in [0.1, 0.15) is 26.3 Å². The predicted octanol–water partition coefficient (Wildman–Crippen LogP) is 0.939. The Bertz CT molecular complexity index is 460. The quantitative estimate of drug-likeness (QED) is 0.408. The van der Waals surface area contributed by atoms with E-state index in [9.17, 15) is 9.59 Å². The minimum absolute atomic E-state index is 0.274. The van der Waals surface area contributed by atoms with Crippen LogP contribution in [0.4, 0.5) is 0 Å². The highest BCUT2D eigenvalue weighted by Crippen LogP contribution is 2.23. The summed E-state index contributed by atoms with van der Waals surface area (Å²) in [5.74, 6) is -1.10. The molecule has 0 N–H and O–H groups in total. The minimum Gasteiger partial charge on any atom is -0.386 e. The van der Waals surface area contributed by atoms with E-state index < -0.39 is 11.9 Å². The lowest BCUT2D eigenvalue weighted by atomic mass is 10.0. The fourth-order valence-electron chi connectivity index (χ4n) is 1.71. The summed E-state index contributed by atoms with van der Waals surface area (Å²) in [5, 5.41) is 0. The van der Waals surface area contributed by atoms with E-state index in [1.54, 1.807) is 12.1 Å². The Morgan fingerprint density at radius 1 is 1.20 bits per heavy atom. The topological polar surface area (TPSA) is 55.9 Å². The first kappa shape index (κ1) is 8.61. The minimum atomic E-state index is -0.552. The number of carbonyl (C=O) groups excluding carboxylic acids is 2. The number of cyclic esters (lactones) is 2. The first-order valence-electron chi connectivity index (χ1n) is 4.75. The molecule has 2 heterocycles.